The molecule has 154 valence electrons. The molecule has 0 atom stereocenters. The van der Waals surface area contributed by atoms with Crippen molar-refractivity contribution in [1.29, 1.82) is 0 Å². The smallest absolute Gasteiger partial charge is 0.266 e. The molecule has 0 unspecified atom stereocenters. The van der Waals surface area contributed by atoms with Crippen molar-refractivity contribution in [2.45, 2.75) is 12.8 Å². The molecule has 0 saturated carbocycles. The molecule has 0 aromatic heterocycles. The van der Waals surface area contributed by atoms with Crippen molar-refractivity contribution >= 4 is 63.5 Å². The molecule has 2 aliphatic rings. The van der Waals surface area contributed by atoms with E-state index in [-0.39, 0.29) is 25.0 Å². The average Bonchev–Trinajstić information content (AvgIpc) is 3.29. The van der Waals surface area contributed by atoms with E-state index in [4.69, 9.17) is 33.3 Å². The molecule has 6 nitrogen and oxygen atoms in total. The number of nitrogens with one attached hydrogen (secondary N) is 1. The summed E-state index contributed by atoms with van der Waals surface area (Å²) < 4.78 is 11.2. The summed E-state index contributed by atoms with van der Waals surface area (Å²) in [6, 6.07) is 12.4. The number of fused-ring (bicyclic) bond motifs is 1. The van der Waals surface area contributed by atoms with E-state index in [0.717, 1.165) is 5.56 Å². The molecule has 2 aromatic carbocycles. The van der Waals surface area contributed by atoms with Gasteiger partial charge in [-0.15, -0.1) is 0 Å². The van der Waals surface area contributed by atoms with E-state index >= 15 is 0 Å². The van der Waals surface area contributed by atoms with Crippen LogP contribution in [0.4, 0.5) is 5.69 Å². The first-order chi connectivity index (χ1) is 14.5. The van der Waals surface area contributed by atoms with E-state index in [1.165, 1.54) is 16.7 Å². The fraction of sp³-hybridized carbons (Fsp3) is 0.190. The minimum atomic E-state index is -0.152. The van der Waals surface area contributed by atoms with Gasteiger partial charge in [0.25, 0.3) is 5.91 Å². The second-order valence-electron chi connectivity index (χ2n) is 6.60. The highest BCUT2D eigenvalue weighted by Gasteiger charge is 2.31. The fourth-order valence-electron chi connectivity index (χ4n) is 3.00. The van der Waals surface area contributed by atoms with Crippen molar-refractivity contribution in [3.8, 4) is 11.5 Å². The number of anilines is 1. The van der Waals surface area contributed by atoms with Crippen LogP contribution >= 0.6 is 35.6 Å². The number of hydrogen-bond acceptors (Lipinski definition) is 6. The maximum Gasteiger partial charge on any atom is 0.266 e. The van der Waals surface area contributed by atoms with Crippen LogP contribution in [0.25, 0.3) is 6.08 Å². The van der Waals surface area contributed by atoms with Crippen LogP contribution in [0.3, 0.4) is 0 Å². The molecule has 2 aliphatic heterocycles. The number of carbonyl (C=O) groups is 2. The zero-order chi connectivity index (χ0) is 21.1. The first kappa shape index (κ1) is 20.7. The van der Waals surface area contributed by atoms with Crippen molar-refractivity contribution in [3.05, 3.63) is 58.0 Å². The van der Waals surface area contributed by atoms with Crippen molar-refractivity contribution in [2.75, 3.05) is 18.7 Å². The van der Waals surface area contributed by atoms with Crippen LogP contribution in [0, 0.1) is 0 Å². The minimum Gasteiger partial charge on any atom is -0.454 e. The number of halogens is 1. The van der Waals surface area contributed by atoms with Gasteiger partial charge in [0, 0.05) is 23.7 Å². The third kappa shape index (κ3) is 4.77. The highest BCUT2D eigenvalue weighted by Crippen LogP contribution is 2.36. The summed E-state index contributed by atoms with van der Waals surface area (Å²) in [6.07, 6.45) is 2.57. The van der Waals surface area contributed by atoms with Crippen LogP contribution in [0.2, 0.25) is 5.02 Å². The Morgan fingerprint density at radius 3 is 2.77 bits per heavy atom. The predicted molar refractivity (Wildman–Crippen MR) is 122 cm³/mol. The summed E-state index contributed by atoms with van der Waals surface area (Å²) in [5.41, 5.74) is 1.52. The van der Waals surface area contributed by atoms with Gasteiger partial charge < -0.3 is 14.8 Å². The number of nitrogens with zero attached hydrogens (tertiary/aromatic N) is 1. The molecule has 4 rings (SSSR count). The molecule has 0 spiro atoms. The van der Waals surface area contributed by atoms with Gasteiger partial charge in [0.05, 0.1) is 4.91 Å². The maximum atomic E-state index is 12.7. The van der Waals surface area contributed by atoms with Crippen LogP contribution in [-0.2, 0) is 9.59 Å². The lowest BCUT2D eigenvalue weighted by atomic mass is 10.2. The molecule has 1 N–H and O–H groups in total. The number of hydrogen-bond donors (Lipinski definition) is 1. The summed E-state index contributed by atoms with van der Waals surface area (Å²) in [7, 11) is 0. The lowest BCUT2D eigenvalue weighted by Crippen LogP contribution is -2.29. The van der Waals surface area contributed by atoms with Crippen LogP contribution in [0.5, 0.6) is 11.5 Å². The Hall–Kier alpha value is -2.55. The van der Waals surface area contributed by atoms with Crippen LogP contribution < -0.4 is 14.8 Å². The normalized spacial score (nSPS) is 16.4. The van der Waals surface area contributed by atoms with Crippen molar-refractivity contribution < 1.29 is 19.1 Å². The Bertz CT molecular complexity index is 1040. The first-order valence-electron chi connectivity index (χ1n) is 9.20. The van der Waals surface area contributed by atoms with Crippen molar-refractivity contribution in [2.24, 2.45) is 0 Å². The van der Waals surface area contributed by atoms with Gasteiger partial charge in [0.15, 0.2) is 11.5 Å². The summed E-state index contributed by atoms with van der Waals surface area (Å²) in [5, 5.41) is 3.41. The number of thioether (sulfide) groups is 1. The zero-order valence-corrected chi connectivity index (χ0v) is 18.1. The van der Waals surface area contributed by atoms with Gasteiger partial charge in [0.1, 0.15) is 4.32 Å². The molecule has 2 heterocycles. The Morgan fingerprint density at radius 1 is 1.20 bits per heavy atom. The van der Waals surface area contributed by atoms with E-state index in [0.29, 0.717) is 44.4 Å². The Kier molecular flexibility index (Phi) is 6.26. The monoisotopic (exact) mass is 460 g/mol. The Morgan fingerprint density at radius 2 is 1.97 bits per heavy atom. The highest BCUT2D eigenvalue weighted by atomic mass is 35.5. The Balaban J connectivity index is 1.32. The maximum absolute atomic E-state index is 12.7. The molecule has 0 aliphatic carbocycles. The van der Waals surface area contributed by atoms with Gasteiger partial charge in [-0.3, -0.25) is 14.5 Å². The molecule has 1 saturated heterocycles. The minimum absolute atomic E-state index is 0.126. The summed E-state index contributed by atoms with van der Waals surface area (Å²) in [6.45, 7) is 0.587. The second-order valence-corrected chi connectivity index (χ2v) is 8.72. The molecular formula is C21H17ClN2O4S2. The average molecular weight is 461 g/mol. The highest BCUT2D eigenvalue weighted by molar-refractivity contribution is 8.26. The molecule has 2 amide bonds. The van der Waals surface area contributed by atoms with Crippen molar-refractivity contribution in [1.82, 2.24) is 4.90 Å². The van der Waals surface area contributed by atoms with E-state index in [2.05, 4.69) is 5.32 Å². The van der Waals surface area contributed by atoms with E-state index in [1.54, 1.807) is 30.3 Å². The molecule has 1 fully saturated rings. The van der Waals surface area contributed by atoms with Gasteiger partial charge in [-0.05, 0) is 54.5 Å². The number of carbonyl (C=O) groups excluding carboxylic acids is 2. The standard InChI is InChI=1S/C21H17ClN2O4S2/c22-14-4-6-15(7-5-14)23-19(25)2-1-9-24-20(26)18(30-21(24)29)11-13-3-8-16-17(10-13)28-12-27-16/h3-8,10-11H,1-2,9,12H2,(H,23,25). The summed E-state index contributed by atoms with van der Waals surface area (Å²) in [5.74, 6) is 1.07. The first-order valence-corrected chi connectivity index (χ1v) is 10.8. The van der Waals surface area contributed by atoms with Gasteiger partial charge in [-0.1, -0.05) is 41.6 Å². The molecule has 9 heteroatoms. The van der Waals surface area contributed by atoms with Crippen LogP contribution in [0.1, 0.15) is 18.4 Å². The number of amides is 2. The topological polar surface area (TPSA) is 67.9 Å². The van der Waals surface area contributed by atoms with Crippen LogP contribution in [0.15, 0.2) is 47.4 Å². The van der Waals surface area contributed by atoms with Crippen LogP contribution in [-0.4, -0.2) is 34.4 Å². The summed E-state index contributed by atoms with van der Waals surface area (Å²) >= 11 is 12.5. The molecule has 30 heavy (non-hydrogen) atoms. The second kappa shape index (κ2) is 9.07. The number of rotatable bonds is 6. The number of benzene rings is 2. The van der Waals surface area contributed by atoms with Crippen molar-refractivity contribution in [3.63, 3.8) is 0 Å². The predicted octanol–water partition coefficient (Wildman–Crippen LogP) is 4.69. The van der Waals surface area contributed by atoms with Gasteiger partial charge >= 0.3 is 0 Å². The molecule has 0 bridgehead atoms. The van der Waals surface area contributed by atoms with Gasteiger partial charge in [0.2, 0.25) is 12.7 Å². The number of thiocarbonyl (C=S) groups is 1. The molecule has 0 radical (unpaired) electrons. The quantitative estimate of drug-likeness (QED) is 0.498. The van der Waals surface area contributed by atoms with Gasteiger partial charge in [-0.2, -0.15) is 0 Å². The van der Waals surface area contributed by atoms with E-state index < -0.39 is 0 Å². The third-order valence-electron chi connectivity index (χ3n) is 4.48. The molecular weight excluding hydrogens is 444 g/mol. The lowest BCUT2D eigenvalue weighted by molar-refractivity contribution is -0.122. The van der Waals surface area contributed by atoms with E-state index in [9.17, 15) is 9.59 Å². The SMILES string of the molecule is O=C(CCCN1C(=O)C(=Cc2ccc3c(c2)OCO3)SC1=S)Nc1ccc(Cl)cc1. The summed E-state index contributed by atoms with van der Waals surface area (Å²) in [4.78, 5) is 26.9. The van der Waals surface area contributed by atoms with E-state index in [1.807, 2.05) is 18.2 Å². The third-order valence-corrected chi connectivity index (χ3v) is 6.11. The lowest BCUT2D eigenvalue weighted by Gasteiger charge is -2.14. The molecule has 2 aromatic rings. The fourth-order valence-corrected chi connectivity index (χ4v) is 4.44. The van der Waals surface area contributed by atoms with Gasteiger partial charge in [-0.25, -0.2) is 0 Å². The number of ether oxygens (including phenoxy) is 2. The zero-order valence-electron chi connectivity index (χ0n) is 15.7. The largest absolute Gasteiger partial charge is 0.454 e. The Labute approximate surface area is 188 Å².